The van der Waals surface area contributed by atoms with Crippen molar-refractivity contribution in [3.63, 3.8) is 0 Å². The first-order valence-corrected chi connectivity index (χ1v) is 3.29. The lowest BCUT2D eigenvalue weighted by Gasteiger charge is -2.15. The fraction of sp³-hybridized carbons (Fsp3) is 0.800. The molecule has 0 aliphatic heterocycles. The van der Waals surface area contributed by atoms with Crippen LogP contribution in [0.15, 0.2) is 0 Å². The Labute approximate surface area is 60.1 Å². The molecule has 0 radical (unpaired) electrons. The number of hydrogen-bond acceptors (Lipinski definition) is 1. The average molecular weight is 151 g/mol. The molecule has 0 aromatic carbocycles. The quantitative estimate of drug-likeness (QED) is 0.590. The average Bonchev–Trinajstić information content (AvgIpc) is 1.90. The van der Waals surface area contributed by atoms with E-state index in [1.807, 2.05) is 18.7 Å². The van der Waals surface area contributed by atoms with Gasteiger partial charge in [-0.1, -0.05) is 0 Å². The minimum Gasteiger partial charge on any atom is -0.324 e. The van der Waals surface area contributed by atoms with Crippen LogP contribution in [-0.2, 0) is 0 Å². The van der Waals surface area contributed by atoms with Crippen molar-refractivity contribution in [2.45, 2.75) is 13.8 Å². The Kier molecular flexibility index (Phi) is 4.22. The van der Waals surface area contributed by atoms with E-state index in [0.717, 1.165) is 0 Å². The van der Waals surface area contributed by atoms with E-state index in [1.165, 1.54) is 0 Å². The van der Waals surface area contributed by atoms with E-state index >= 15 is 0 Å². The Morgan fingerprint density at radius 1 is 1.56 bits per heavy atom. The second-order valence-electron chi connectivity index (χ2n) is 1.57. The van der Waals surface area contributed by atoms with Gasteiger partial charge in [-0.15, -0.1) is 0 Å². The molecule has 9 heavy (non-hydrogen) atoms. The highest BCUT2D eigenvalue weighted by molar-refractivity contribution is 6.21. The van der Waals surface area contributed by atoms with Crippen LogP contribution in [0.1, 0.15) is 13.8 Å². The lowest BCUT2D eigenvalue weighted by Crippen LogP contribution is -2.35. The molecule has 0 heterocycles. The van der Waals surface area contributed by atoms with E-state index in [2.05, 4.69) is 0 Å². The van der Waals surface area contributed by atoms with Gasteiger partial charge in [0.05, 0.1) is 0 Å². The van der Waals surface area contributed by atoms with Crippen LogP contribution >= 0.6 is 11.8 Å². The number of carbonyl (C=O) groups is 1. The maximum absolute atomic E-state index is 10.7. The number of hydrogen-bond donors (Lipinski definition) is 1. The van der Waals surface area contributed by atoms with Crippen molar-refractivity contribution in [2.75, 3.05) is 13.1 Å². The van der Waals surface area contributed by atoms with Gasteiger partial charge in [0.25, 0.3) is 0 Å². The molecule has 0 atom stereocenters. The molecule has 0 rings (SSSR count). The van der Waals surface area contributed by atoms with Gasteiger partial charge in [0, 0.05) is 24.9 Å². The summed E-state index contributed by atoms with van der Waals surface area (Å²) in [6.07, 6.45) is 0. The Morgan fingerprint density at radius 3 is 2.11 bits per heavy atom. The summed E-state index contributed by atoms with van der Waals surface area (Å²) in [4.78, 5) is 14.3. The molecule has 0 aromatic rings. The van der Waals surface area contributed by atoms with Crippen LogP contribution in [0.3, 0.4) is 0 Å². The smallest absolute Gasteiger partial charge is 0.324 e. The first kappa shape index (κ1) is 8.56. The van der Waals surface area contributed by atoms with E-state index in [0.29, 0.717) is 13.1 Å². The van der Waals surface area contributed by atoms with Crippen LogP contribution in [0.2, 0.25) is 0 Å². The van der Waals surface area contributed by atoms with Gasteiger partial charge < -0.3 is 4.90 Å². The number of halogens is 1. The van der Waals surface area contributed by atoms with Crippen molar-refractivity contribution in [3.05, 3.63) is 0 Å². The van der Waals surface area contributed by atoms with Gasteiger partial charge in [0.2, 0.25) is 0 Å². The molecule has 0 aliphatic rings. The molecule has 0 saturated heterocycles. The maximum atomic E-state index is 10.7. The van der Waals surface area contributed by atoms with E-state index in [1.54, 1.807) is 4.90 Å². The number of carbonyl (C=O) groups excluding carboxylic acids is 1. The fourth-order valence-electron chi connectivity index (χ4n) is 0.571. The van der Waals surface area contributed by atoms with E-state index in [4.69, 9.17) is 11.8 Å². The van der Waals surface area contributed by atoms with E-state index in [9.17, 15) is 4.79 Å². The van der Waals surface area contributed by atoms with Crippen LogP contribution in [0.25, 0.3) is 0 Å². The molecular weight excluding hydrogens is 140 g/mol. The molecule has 0 bridgehead atoms. The molecule has 0 aliphatic carbocycles. The molecule has 0 saturated carbocycles. The summed E-state index contributed by atoms with van der Waals surface area (Å²) in [5, 5.41) is 0. The molecule has 0 aromatic heterocycles. The summed E-state index contributed by atoms with van der Waals surface area (Å²) in [6, 6.07) is -0.235. The summed E-state index contributed by atoms with van der Waals surface area (Å²) >= 11 is 5.06. The third-order valence-corrected chi connectivity index (χ3v) is 1.29. The van der Waals surface area contributed by atoms with Crippen LogP contribution in [-0.4, -0.2) is 24.0 Å². The monoisotopic (exact) mass is 150 g/mol. The van der Waals surface area contributed by atoms with Crippen LogP contribution in [0.5, 0.6) is 0 Å². The van der Waals surface area contributed by atoms with Crippen molar-refractivity contribution in [2.24, 2.45) is 0 Å². The third kappa shape index (κ3) is 2.56. The first-order chi connectivity index (χ1) is 4.26. The van der Waals surface area contributed by atoms with Gasteiger partial charge in [-0.2, -0.15) is 0 Å². The topological polar surface area (TPSA) is 32.3 Å². The van der Waals surface area contributed by atoms with Gasteiger partial charge in [-0.25, -0.2) is 9.63 Å². The molecule has 0 fully saturated rings. The Hall–Kier alpha value is -0.440. The molecule has 0 unspecified atom stereocenters. The lowest BCUT2D eigenvalue weighted by molar-refractivity contribution is 0.209. The van der Waals surface area contributed by atoms with E-state index in [-0.39, 0.29) is 6.03 Å². The second-order valence-corrected chi connectivity index (χ2v) is 1.76. The molecule has 0 spiro atoms. The minimum atomic E-state index is -0.235. The second kappa shape index (κ2) is 4.44. The zero-order valence-electron chi connectivity index (χ0n) is 5.65. The highest BCUT2D eigenvalue weighted by atomic mass is 35.5. The number of nitrogens with zero attached hydrogens (tertiary/aromatic N) is 1. The normalized spacial score (nSPS) is 8.78. The van der Waals surface area contributed by atoms with Gasteiger partial charge in [-0.3, -0.25) is 0 Å². The predicted molar refractivity (Wildman–Crippen MR) is 37.3 cm³/mol. The van der Waals surface area contributed by atoms with Gasteiger partial charge >= 0.3 is 6.03 Å². The molecule has 3 nitrogen and oxygen atoms in total. The summed E-state index contributed by atoms with van der Waals surface area (Å²) in [5.41, 5.74) is 0. The Bertz CT molecular complexity index is 93.0. The molecule has 54 valence electrons. The minimum absolute atomic E-state index is 0.235. The summed E-state index contributed by atoms with van der Waals surface area (Å²) in [5.74, 6) is 0. The number of nitrogens with one attached hydrogen (secondary N) is 1. The van der Waals surface area contributed by atoms with Crippen molar-refractivity contribution in [3.8, 4) is 0 Å². The van der Waals surface area contributed by atoms with Crippen molar-refractivity contribution >= 4 is 17.8 Å². The molecule has 1 N–H and O–H groups in total. The predicted octanol–water partition coefficient (Wildman–Crippen LogP) is 1.19. The Balaban J connectivity index is 3.64. The van der Waals surface area contributed by atoms with Crippen LogP contribution < -0.4 is 4.84 Å². The number of urea groups is 1. The lowest BCUT2D eigenvalue weighted by atomic mass is 10.5. The van der Waals surface area contributed by atoms with Crippen molar-refractivity contribution in [1.29, 1.82) is 0 Å². The summed E-state index contributed by atoms with van der Waals surface area (Å²) < 4.78 is 0. The number of rotatable bonds is 2. The van der Waals surface area contributed by atoms with Crippen LogP contribution in [0.4, 0.5) is 4.79 Å². The highest BCUT2D eigenvalue weighted by Gasteiger charge is 2.05. The van der Waals surface area contributed by atoms with Gasteiger partial charge in [0.15, 0.2) is 0 Å². The molecular formula is C5H11ClN2O. The van der Waals surface area contributed by atoms with Crippen molar-refractivity contribution < 1.29 is 4.79 Å². The molecule has 2 amide bonds. The SMILES string of the molecule is CCN(CC)C(=O)NCl. The molecule has 4 heteroatoms. The standard InChI is InChI=1S/C5H11ClN2O/c1-3-8(4-2)5(9)7-6/h3-4H2,1-2H3,(H,7,9). The van der Waals surface area contributed by atoms with Gasteiger partial charge in [0.1, 0.15) is 0 Å². The van der Waals surface area contributed by atoms with Crippen LogP contribution in [0, 0.1) is 0 Å². The highest BCUT2D eigenvalue weighted by Crippen LogP contribution is 1.87. The van der Waals surface area contributed by atoms with Gasteiger partial charge in [-0.05, 0) is 13.8 Å². The summed E-state index contributed by atoms with van der Waals surface area (Å²) in [6.45, 7) is 5.18. The summed E-state index contributed by atoms with van der Waals surface area (Å²) in [7, 11) is 0. The number of amides is 2. The first-order valence-electron chi connectivity index (χ1n) is 2.91. The Morgan fingerprint density at radius 2 is 2.00 bits per heavy atom. The van der Waals surface area contributed by atoms with Crippen molar-refractivity contribution in [1.82, 2.24) is 9.74 Å². The maximum Gasteiger partial charge on any atom is 0.331 e. The zero-order valence-corrected chi connectivity index (χ0v) is 6.40. The third-order valence-electron chi connectivity index (χ3n) is 1.13. The largest absolute Gasteiger partial charge is 0.331 e. The fourth-order valence-corrected chi connectivity index (χ4v) is 0.690. The van der Waals surface area contributed by atoms with E-state index < -0.39 is 0 Å². The zero-order chi connectivity index (χ0) is 7.28.